The van der Waals surface area contributed by atoms with Gasteiger partial charge in [-0.15, -0.1) is 0 Å². The van der Waals surface area contributed by atoms with E-state index in [1.165, 1.54) is 0 Å². The Hall–Kier alpha value is -1.96. The summed E-state index contributed by atoms with van der Waals surface area (Å²) in [5.74, 6) is 1.13. The number of methoxy groups -OCH3 is 1. The highest BCUT2D eigenvalue weighted by molar-refractivity contribution is 5.69. The van der Waals surface area contributed by atoms with Gasteiger partial charge in [0.15, 0.2) is 0 Å². The van der Waals surface area contributed by atoms with Crippen molar-refractivity contribution in [2.75, 3.05) is 7.11 Å². The van der Waals surface area contributed by atoms with E-state index in [1.54, 1.807) is 19.2 Å². The molecule has 1 N–H and O–H groups in total. The van der Waals surface area contributed by atoms with E-state index in [-0.39, 0.29) is 0 Å². The normalized spacial score (nSPS) is 10.1. The molecule has 0 aliphatic carbocycles. The minimum absolute atomic E-state index is 0.296. The smallest absolute Gasteiger partial charge is 0.119 e. The molecule has 2 aromatic carbocycles. The van der Waals surface area contributed by atoms with Crippen LogP contribution in [0.1, 0.15) is 5.56 Å². The molecule has 0 aromatic heterocycles. The SMILES string of the molecule is COc1cccc(-c2ccc(O)cc2C)c1. The number of hydrogen-bond acceptors (Lipinski definition) is 2. The highest BCUT2D eigenvalue weighted by Gasteiger charge is 2.03. The lowest BCUT2D eigenvalue weighted by molar-refractivity contribution is 0.415. The van der Waals surface area contributed by atoms with Crippen molar-refractivity contribution in [1.29, 1.82) is 0 Å². The van der Waals surface area contributed by atoms with E-state index in [1.807, 2.05) is 37.3 Å². The first-order valence-electron chi connectivity index (χ1n) is 5.15. The summed E-state index contributed by atoms with van der Waals surface area (Å²) in [5, 5.41) is 9.36. The third kappa shape index (κ3) is 2.01. The Kier molecular flexibility index (Phi) is 2.82. The molecule has 0 amide bonds. The van der Waals surface area contributed by atoms with Crippen LogP contribution in [0.5, 0.6) is 11.5 Å². The highest BCUT2D eigenvalue weighted by Crippen LogP contribution is 2.28. The molecular weight excluding hydrogens is 200 g/mol. The van der Waals surface area contributed by atoms with Gasteiger partial charge in [-0.3, -0.25) is 0 Å². The van der Waals surface area contributed by atoms with E-state index in [0.29, 0.717) is 5.75 Å². The summed E-state index contributed by atoms with van der Waals surface area (Å²) >= 11 is 0. The third-order valence-corrected chi connectivity index (χ3v) is 2.59. The standard InChI is InChI=1S/C14H14O2/c1-10-8-12(15)6-7-14(10)11-4-3-5-13(9-11)16-2/h3-9,15H,1-2H3. The van der Waals surface area contributed by atoms with Gasteiger partial charge in [0.25, 0.3) is 0 Å². The van der Waals surface area contributed by atoms with Crippen LogP contribution in [0.3, 0.4) is 0 Å². The molecule has 0 bridgehead atoms. The van der Waals surface area contributed by atoms with Gasteiger partial charge in [-0.2, -0.15) is 0 Å². The maximum atomic E-state index is 9.36. The minimum atomic E-state index is 0.296. The Morgan fingerprint density at radius 3 is 2.56 bits per heavy atom. The van der Waals surface area contributed by atoms with Gasteiger partial charge in [0.1, 0.15) is 11.5 Å². The monoisotopic (exact) mass is 214 g/mol. The summed E-state index contributed by atoms with van der Waals surface area (Å²) in [6.07, 6.45) is 0. The quantitative estimate of drug-likeness (QED) is 0.830. The maximum Gasteiger partial charge on any atom is 0.119 e. The average molecular weight is 214 g/mol. The number of aromatic hydroxyl groups is 1. The number of ether oxygens (including phenoxy) is 1. The van der Waals surface area contributed by atoms with Crippen molar-refractivity contribution < 1.29 is 9.84 Å². The molecule has 16 heavy (non-hydrogen) atoms. The molecule has 0 saturated heterocycles. The van der Waals surface area contributed by atoms with Crippen molar-refractivity contribution in [3.05, 3.63) is 48.0 Å². The lowest BCUT2D eigenvalue weighted by Crippen LogP contribution is -1.86. The van der Waals surface area contributed by atoms with Crippen LogP contribution in [-0.2, 0) is 0 Å². The van der Waals surface area contributed by atoms with E-state index in [2.05, 4.69) is 0 Å². The van der Waals surface area contributed by atoms with Gasteiger partial charge >= 0.3 is 0 Å². The number of phenolic OH excluding ortho intramolecular Hbond substituents is 1. The number of hydrogen-bond donors (Lipinski definition) is 1. The first-order valence-corrected chi connectivity index (χ1v) is 5.15. The lowest BCUT2D eigenvalue weighted by atomic mass is 10.0. The van der Waals surface area contributed by atoms with Crippen LogP contribution in [0.2, 0.25) is 0 Å². The van der Waals surface area contributed by atoms with Crippen molar-refractivity contribution in [2.45, 2.75) is 6.92 Å². The Morgan fingerprint density at radius 2 is 1.88 bits per heavy atom. The second-order valence-electron chi connectivity index (χ2n) is 3.73. The molecule has 0 atom stereocenters. The second-order valence-corrected chi connectivity index (χ2v) is 3.73. The molecule has 0 heterocycles. The molecule has 2 heteroatoms. The zero-order valence-corrected chi connectivity index (χ0v) is 9.40. The molecule has 0 fully saturated rings. The van der Waals surface area contributed by atoms with Gasteiger partial charge in [-0.25, -0.2) is 0 Å². The molecule has 0 spiro atoms. The van der Waals surface area contributed by atoms with Crippen LogP contribution in [-0.4, -0.2) is 12.2 Å². The molecule has 0 aliphatic heterocycles. The van der Waals surface area contributed by atoms with Crippen LogP contribution >= 0.6 is 0 Å². The summed E-state index contributed by atoms with van der Waals surface area (Å²) in [6.45, 7) is 1.98. The van der Waals surface area contributed by atoms with Crippen molar-refractivity contribution in [2.24, 2.45) is 0 Å². The second kappa shape index (κ2) is 4.27. The molecule has 0 saturated carbocycles. The fourth-order valence-electron chi connectivity index (χ4n) is 1.76. The number of aryl methyl sites for hydroxylation is 1. The first kappa shape index (κ1) is 10.6. The van der Waals surface area contributed by atoms with Gasteiger partial charge in [-0.05, 0) is 47.9 Å². The van der Waals surface area contributed by atoms with Gasteiger partial charge in [0.2, 0.25) is 0 Å². The van der Waals surface area contributed by atoms with Gasteiger partial charge in [0.05, 0.1) is 7.11 Å². The predicted octanol–water partition coefficient (Wildman–Crippen LogP) is 3.38. The van der Waals surface area contributed by atoms with E-state index < -0.39 is 0 Å². The van der Waals surface area contributed by atoms with Gasteiger partial charge in [0, 0.05) is 0 Å². The molecule has 0 unspecified atom stereocenters. The maximum absolute atomic E-state index is 9.36. The van der Waals surface area contributed by atoms with Crippen LogP contribution in [0.25, 0.3) is 11.1 Å². The summed E-state index contributed by atoms with van der Waals surface area (Å²) in [6, 6.07) is 13.3. The minimum Gasteiger partial charge on any atom is -0.508 e. The Morgan fingerprint density at radius 1 is 1.06 bits per heavy atom. The van der Waals surface area contributed by atoms with Crippen molar-refractivity contribution in [1.82, 2.24) is 0 Å². The molecule has 2 rings (SSSR count). The number of benzene rings is 2. The first-order chi connectivity index (χ1) is 7.70. The van der Waals surface area contributed by atoms with Gasteiger partial charge in [-0.1, -0.05) is 18.2 Å². The largest absolute Gasteiger partial charge is 0.508 e. The summed E-state index contributed by atoms with van der Waals surface area (Å²) in [4.78, 5) is 0. The number of phenols is 1. The Labute approximate surface area is 95.1 Å². The fourth-order valence-corrected chi connectivity index (χ4v) is 1.76. The van der Waals surface area contributed by atoms with E-state index in [0.717, 1.165) is 22.4 Å². The summed E-state index contributed by atoms with van der Waals surface area (Å²) in [5.41, 5.74) is 3.25. The van der Waals surface area contributed by atoms with E-state index >= 15 is 0 Å². The predicted molar refractivity (Wildman–Crippen MR) is 64.8 cm³/mol. The average Bonchev–Trinajstić information content (AvgIpc) is 2.29. The molecule has 2 nitrogen and oxygen atoms in total. The van der Waals surface area contributed by atoms with Crippen molar-refractivity contribution in [3.8, 4) is 22.6 Å². The molecule has 2 aromatic rings. The van der Waals surface area contributed by atoms with Crippen LogP contribution in [0.15, 0.2) is 42.5 Å². The summed E-state index contributed by atoms with van der Waals surface area (Å²) < 4.78 is 5.19. The zero-order chi connectivity index (χ0) is 11.5. The highest BCUT2D eigenvalue weighted by atomic mass is 16.5. The van der Waals surface area contributed by atoms with Crippen molar-refractivity contribution >= 4 is 0 Å². The van der Waals surface area contributed by atoms with Gasteiger partial charge < -0.3 is 9.84 Å². The number of rotatable bonds is 2. The summed E-state index contributed by atoms with van der Waals surface area (Å²) in [7, 11) is 1.66. The molecule has 0 radical (unpaired) electrons. The van der Waals surface area contributed by atoms with E-state index in [9.17, 15) is 5.11 Å². The lowest BCUT2D eigenvalue weighted by Gasteiger charge is -2.08. The molecular formula is C14H14O2. The van der Waals surface area contributed by atoms with Crippen LogP contribution in [0.4, 0.5) is 0 Å². The zero-order valence-electron chi connectivity index (χ0n) is 9.40. The van der Waals surface area contributed by atoms with E-state index in [4.69, 9.17) is 4.74 Å². The van der Waals surface area contributed by atoms with Crippen LogP contribution < -0.4 is 4.74 Å². The Bertz CT molecular complexity index is 504. The van der Waals surface area contributed by atoms with Crippen LogP contribution in [0, 0.1) is 6.92 Å². The fraction of sp³-hybridized carbons (Fsp3) is 0.143. The Balaban J connectivity index is 2.49. The third-order valence-electron chi connectivity index (χ3n) is 2.59. The molecule has 82 valence electrons. The van der Waals surface area contributed by atoms with Crippen molar-refractivity contribution in [3.63, 3.8) is 0 Å². The topological polar surface area (TPSA) is 29.5 Å². The molecule has 0 aliphatic rings.